The second-order valence-electron chi connectivity index (χ2n) is 7.23. The molecule has 2 aromatic rings. The molecule has 2 amide bonds. The number of amides is 2. The molecule has 2 aromatic carbocycles. The van der Waals surface area contributed by atoms with Crippen LogP contribution in [0.15, 0.2) is 53.4 Å². The normalized spacial score (nSPS) is 18.5. The van der Waals surface area contributed by atoms with Gasteiger partial charge in [-0.3, -0.25) is 14.5 Å². The molecule has 2 aliphatic rings. The molecule has 0 saturated carbocycles. The van der Waals surface area contributed by atoms with Crippen LogP contribution in [0.25, 0.3) is 5.57 Å². The Morgan fingerprint density at radius 1 is 1.00 bits per heavy atom. The number of fused-ring (bicyclic) bond motifs is 1. The number of unbranched alkanes of at least 4 members (excludes halogenated alkanes) is 3. The van der Waals surface area contributed by atoms with E-state index in [-0.39, 0.29) is 11.8 Å². The van der Waals surface area contributed by atoms with Gasteiger partial charge < -0.3 is 4.90 Å². The topological polar surface area (TPSA) is 40.6 Å². The first-order valence-corrected chi connectivity index (χ1v) is 11.6. The third-order valence-corrected chi connectivity index (χ3v) is 6.83. The molecule has 154 valence electrons. The first-order chi connectivity index (χ1) is 14.5. The van der Waals surface area contributed by atoms with Gasteiger partial charge in [0, 0.05) is 17.1 Å². The van der Waals surface area contributed by atoms with Crippen LogP contribution >= 0.6 is 35.6 Å². The van der Waals surface area contributed by atoms with Gasteiger partial charge in [-0.1, -0.05) is 86.0 Å². The average Bonchev–Trinajstić information content (AvgIpc) is 3.17. The van der Waals surface area contributed by atoms with Crippen LogP contribution in [0.1, 0.15) is 38.2 Å². The molecule has 7 heteroatoms. The molecule has 0 radical (unpaired) electrons. The molecule has 0 bridgehead atoms. The van der Waals surface area contributed by atoms with Crippen molar-refractivity contribution in [2.45, 2.75) is 32.6 Å². The molecule has 1 saturated heterocycles. The predicted octanol–water partition coefficient (Wildman–Crippen LogP) is 6.04. The van der Waals surface area contributed by atoms with Crippen LogP contribution in [0, 0.1) is 0 Å². The summed E-state index contributed by atoms with van der Waals surface area (Å²) >= 11 is 12.8. The maximum absolute atomic E-state index is 13.4. The van der Waals surface area contributed by atoms with E-state index >= 15 is 0 Å². The van der Waals surface area contributed by atoms with Crippen molar-refractivity contribution >= 4 is 68.7 Å². The first-order valence-electron chi connectivity index (χ1n) is 10.00. The molecule has 4 rings (SSSR count). The number of halogens is 1. The minimum atomic E-state index is -0.279. The average molecular weight is 457 g/mol. The Kier molecular flexibility index (Phi) is 6.27. The zero-order chi connectivity index (χ0) is 21.3. The number of rotatable bonds is 6. The molecular weight excluding hydrogens is 436 g/mol. The lowest BCUT2D eigenvalue weighted by Gasteiger charge is -2.17. The van der Waals surface area contributed by atoms with Crippen LogP contribution in [0.4, 0.5) is 11.4 Å². The summed E-state index contributed by atoms with van der Waals surface area (Å²) in [6.45, 7) is 2.81. The summed E-state index contributed by atoms with van der Waals surface area (Å²) < 4.78 is 0.399. The van der Waals surface area contributed by atoms with E-state index in [9.17, 15) is 9.59 Å². The Bertz CT molecular complexity index is 1070. The van der Waals surface area contributed by atoms with E-state index in [0.717, 1.165) is 36.9 Å². The van der Waals surface area contributed by atoms with Crippen LogP contribution in [0.5, 0.6) is 0 Å². The van der Waals surface area contributed by atoms with Gasteiger partial charge in [-0.2, -0.15) is 0 Å². The number of nitrogens with zero attached hydrogens (tertiary/aromatic N) is 2. The summed E-state index contributed by atoms with van der Waals surface area (Å²) in [5, 5.41) is 0.523. The summed E-state index contributed by atoms with van der Waals surface area (Å²) in [5.74, 6) is -0.405. The van der Waals surface area contributed by atoms with Crippen LogP contribution in [-0.2, 0) is 9.59 Å². The predicted molar refractivity (Wildman–Crippen MR) is 129 cm³/mol. The van der Waals surface area contributed by atoms with Gasteiger partial charge in [-0.25, -0.2) is 0 Å². The number of carbonyl (C=O) groups is 2. The third kappa shape index (κ3) is 3.80. The van der Waals surface area contributed by atoms with Gasteiger partial charge in [-0.05, 0) is 30.7 Å². The summed E-state index contributed by atoms with van der Waals surface area (Å²) in [4.78, 5) is 30.3. The zero-order valence-corrected chi connectivity index (χ0v) is 18.9. The number of thiocarbonyl (C=S) groups is 1. The maximum Gasteiger partial charge on any atom is 0.271 e. The molecule has 0 spiro atoms. The molecule has 0 unspecified atom stereocenters. The van der Waals surface area contributed by atoms with Gasteiger partial charge >= 0.3 is 0 Å². The standard InChI is InChI=1S/C23H21ClN2O2S2/c1-2-3-4-7-13-25-18-12-6-5-11-17(18)19(21(25)27)20-22(28)26(23(29)30-20)16-10-8-9-15(24)14-16/h5-6,8-12,14H,2-4,7,13H2,1H3/b20-19-. The van der Waals surface area contributed by atoms with Crippen LogP contribution in [0.3, 0.4) is 0 Å². The molecule has 30 heavy (non-hydrogen) atoms. The lowest BCUT2D eigenvalue weighted by molar-refractivity contribution is -0.115. The molecule has 2 aliphatic heterocycles. The minimum Gasteiger partial charge on any atom is -0.308 e. The fourth-order valence-corrected chi connectivity index (χ4v) is 5.33. The number of carbonyl (C=O) groups excluding carboxylic acids is 2. The quantitative estimate of drug-likeness (QED) is 0.301. The van der Waals surface area contributed by atoms with Crippen molar-refractivity contribution in [3.63, 3.8) is 0 Å². The maximum atomic E-state index is 13.4. The van der Waals surface area contributed by atoms with Crippen molar-refractivity contribution in [2.75, 3.05) is 16.3 Å². The van der Waals surface area contributed by atoms with Crippen LogP contribution in [-0.4, -0.2) is 22.7 Å². The number of hydrogen-bond acceptors (Lipinski definition) is 4. The van der Waals surface area contributed by atoms with E-state index in [1.165, 1.54) is 16.7 Å². The Balaban J connectivity index is 1.71. The van der Waals surface area contributed by atoms with Crippen molar-refractivity contribution in [1.82, 2.24) is 0 Å². The number of anilines is 2. The molecule has 4 nitrogen and oxygen atoms in total. The number of hydrogen-bond donors (Lipinski definition) is 0. The largest absolute Gasteiger partial charge is 0.308 e. The highest BCUT2D eigenvalue weighted by Crippen LogP contribution is 2.45. The minimum absolute atomic E-state index is 0.126. The van der Waals surface area contributed by atoms with Crippen molar-refractivity contribution in [3.8, 4) is 0 Å². The Morgan fingerprint density at radius 2 is 1.80 bits per heavy atom. The van der Waals surface area contributed by atoms with Crippen molar-refractivity contribution < 1.29 is 9.59 Å². The number of benzene rings is 2. The van der Waals surface area contributed by atoms with Crippen molar-refractivity contribution in [2.24, 2.45) is 0 Å². The Labute approximate surface area is 190 Å². The second-order valence-corrected chi connectivity index (χ2v) is 9.31. The van der Waals surface area contributed by atoms with Gasteiger partial charge in [0.2, 0.25) is 0 Å². The molecular formula is C23H21ClN2O2S2. The van der Waals surface area contributed by atoms with Gasteiger partial charge in [0.1, 0.15) is 0 Å². The third-order valence-electron chi connectivity index (χ3n) is 5.22. The first kappa shape index (κ1) is 21.1. The fourth-order valence-electron chi connectivity index (χ4n) is 3.78. The van der Waals surface area contributed by atoms with Gasteiger partial charge in [0.25, 0.3) is 11.8 Å². The Hall–Kier alpha value is -2.15. The van der Waals surface area contributed by atoms with E-state index in [1.54, 1.807) is 29.2 Å². The van der Waals surface area contributed by atoms with Crippen LogP contribution in [0.2, 0.25) is 5.02 Å². The Morgan fingerprint density at radius 3 is 2.57 bits per heavy atom. The number of para-hydroxylation sites is 1. The monoisotopic (exact) mass is 456 g/mol. The highest BCUT2D eigenvalue weighted by atomic mass is 35.5. The smallest absolute Gasteiger partial charge is 0.271 e. The highest BCUT2D eigenvalue weighted by Gasteiger charge is 2.42. The lowest BCUT2D eigenvalue weighted by Crippen LogP contribution is -2.29. The summed E-state index contributed by atoms with van der Waals surface area (Å²) in [5.41, 5.74) is 2.71. The van der Waals surface area contributed by atoms with Gasteiger partial charge in [0.05, 0.1) is 21.9 Å². The molecule has 0 N–H and O–H groups in total. The molecule has 0 aliphatic carbocycles. The van der Waals surface area contributed by atoms with E-state index in [4.69, 9.17) is 23.8 Å². The molecule has 0 atom stereocenters. The summed E-state index contributed by atoms with van der Waals surface area (Å²) in [6.07, 6.45) is 4.30. The summed E-state index contributed by atoms with van der Waals surface area (Å²) in [6, 6.07) is 14.7. The number of thioether (sulfide) groups is 1. The van der Waals surface area contributed by atoms with E-state index < -0.39 is 0 Å². The summed E-state index contributed by atoms with van der Waals surface area (Å²) in [7, 11) is 0. The zero-order valence-electron chi connectivity index (χ0n) is 16.6. The second kappa shape index (κ2) is 8.92. The van der Waals surface area contributed by atoms with Crippen molar-refractivity contribution in [3.05, 3.63) is 64.0 Å². The van der Waals surface area contributed by atoms with Gasteiger partial charge in [0.15, 0.2) is 4.32 Å². The van der Waals surface area contributed by atoms with Gasteiger partial charge in [-0.15, -0.1) is 0 Å². The van der Waals surface area contributed by atoms with Crippen LogP contribution < -0.4 is 9.80 Å². The highest BCUT2D eigenvalue weighted by molar-refractivity contribution is 8.27. The molecule has 0 aromatic heterocycles. The van der Waals surface area contributed by atoms with E-state index in [2.05, 4.69) is 6.92 Å². The fraction of sp³-hybridized carbons (Fsp3) is 0.261. The van der Waals surface area contributed by atoms with E-state index in [0.29, 0.717) is 32.1 Å². The molecule has 1 fully saturated rings. The van der Waals surface area contributed by atoms with E-state index in [1.807, 2.05) is 24.3 Å². The lowest BCUT2D eigenvalue weighted by atomic mass is 10.1. The van der Waals surface area contributed by atoms with Crippen molar-refractivity contribution in [1.29, 1.82) is 0 Å². The SMILES string of the molecule is CCCCCCN1C(=O)/C(=C2\SC(=S)N(c3cccc(Cl)c3)C2=O)c2ccccc21. The molecule has 2 heterocycles.